The lowest BCUT2D eigenvalue weighted by atomic mass is 10.00. The SMILES string of the molecule is CCOc1ccc(C(O)CCCC(C)C)cc1OCC. The lowest BCUT2D eigenvalue weighted by Gasteiger charge is -2.16. The highest BCUT2D eigenvalue weighted by molar-refractivity contribution is 5.43. The number of hydrogen-bond acceptors (Lipinski definition) is 3. The fraction of sp³-hybridized carbons (Fsp3) is 0.647. The van der Waals surface area contributed by atoms with E-state index >= 15 is 0 Å². The van der Waals surface area contributed by atoms with Crippen LogP contribution in [-0.4, -0.2) is 18.3 Å². The molecule has 0 bridgehead atoms. The fourth-order valence-corrected chi connectivity index (χ4v) is 2.16. The van der Waals surface area contributed by atoms with Crippen molar-refractivity contribution >= 4 is 0 Å². The van der Waals surface area contributed by atoms with E-state index in [2.05, 4.69) is 13.8 Å². The van der Waals surface area contributed by atoms with Gasteiger partial charge in [0.15, 0.2) is 11.5 Å². The summed E-state index contributed by atoms with van der Waals surface area (Å²) in [6, 6.07) is 5.71. The molecule has 20 heavy (non-hydrogen) atoms. The van der Waals surface area contributed by atoms with Crippen molar-refractivity contribution < 1.29 is 14.6 Å². The van der Waals surface area contributed by atoms with Crippen molar-refractivity contribution in [3.63, 3.8) is 0 Å². The van der Waals surface area contributed by atoms with Crippen molar-refractivity contribution in [2.45, 2.75) is 53.1 Å². The van der Waals surface area contributed by atoms with Crippen LogP contribution in [0.2, 0.25) is 0 Å². The Bertz CT molecular complexity index is 388. The molecule has 1 aromatic carbocycles. The molecule has 1 atom stereocenters. The van der Waals surface area contributed by atoms with E-state index in [4.69, 9.17) is 9.47 Å². The lowest BCUT2D eigenvalue weighted by molar-refractivity contribution is 0.161. The maximum absolute atomic E-state index is 10.3. The average Bonchev–Trinajstić information content (AvgIpc) is 2.40. The Labute approximate surface area is 122 Å². The molecule has 1 unspecified atom stereocenters. The zero-order chi connectivity index (χ0) is 15.0. The number of rotatable bonds is 9. The van der Waals surface area contributed by atoms with Gasteiger partial charge in [-0.15, -0.1) is 0 Å². The summed E-state index contributed by atoms with van der Waals surface area (Å²) in [6.45, 7) is 9.50. The predicted octanol–water partition coefficient (Wildman–Crippen LogP) is 4.34. The highest BCUT2D eigenvalue weighted by Crippen LogP contribution is 2.32. The topological polar surface area (TPSA) is 38.7 Å². The summed E-state index contributed by atoms with van der Waals surface area (Å²) in [4.78, 5) is 0. The summed E-state index contributed by atoms with van der Waals surface area (Å²) in [5.74, 6) is 2.14. The highest BCUT2D eigenvalue weighted by Gasteiger charge is 2.12. The van der Waals surface area contributed by atoms with E-state index in [0.717, 1.165) is 36.3 Å². The van der Waals surface area contributed by atoms with E-state index < -0.39 is 6.10 Å². The molecular formula is C17H28O3. The Morgan fingerprint density at radius 2 is 1.65 bits per heavy atom. The van der Waals surface area contributed by atoms with Crippen LogP contribution in [0.3, 0.4) is 0 Å². The van der Waals surface area contributed by atoms with E-state index in [1.54, 1.807) is 0 Å². The second kappa shape index (κ2) is 8.85. The van der Waals surface area contributed by atoms with Gasteiger partial charge in [-0.1, -0.05) is 32.8 Å². The fourth-order valence-electron chi connectivity index (χ4n) is 2.16. The van der Waals surface area contributed by atoms with Crippen molar-refractivity contribution in [3.8, 4) is 11.5 Å². The molecule has 0 spiro atoms. The highest BCUT2D eigenvalue weighted by atomic mass is 16.5. The Morgan fingerprint density at radius 3 is 2.25 bits per heavy atom. The summed E-state index contributed by atoms with van der Waals surface area (Å²) in [7, 11) is 0. The molecule has 0 aromatic heterocycles. The first kappa shape index (κ1) is 16.8. The maximum atomic E-state index is 10.3. The van der Waals surface area contributed by atoms with Crippen LogP contribution in [0.15, 0.2) is 18.2 Å². The molecule has 114 valence electrons. The quantitative estimate of drug-likeness (QED) is 0.731. The van der Waals surface area contributed by atoms with Crippen LogP contribution in [0.1, 0.15) is 58.6 Å². The summed E-state index contributed by atoms with van der Waals surface area (Å²) >= 11 is 0. The lowest BCUT2D eigenvalue weighted by Crippen LogP contribution is -2.02. The van der Waals surface area contributed by atoms with Crippen LogP contribution in [-0.2, 0) is 0 Å². The van der Waals surface area contributed by atoms with Gasteiger partial charge < -0.3 is 14.6 Å². The van der Waals surface area contributed by atoms with Crippen LogP contribution in [0.25, 0.3) is 0 Å². The third-order valence-corrected chi connectivity index (χ3v) is 3.21. The number of hydrogen-bond donors (Lipinski definition) is 1. The third kappa shape index (κ3) is 5.41. The molecule has 0 aliphatic rings. The molecule has 0 radical (unpaired) electrons. The monoisotopic (exact) mass is 280 g/mol. The second-order valence-electron chi connectivity index (χ2n) is 5.41. The Kier molecular flexibility index (Phi) is 7.45. The van der Waals surface area contributed by atoms with Gasteiger partial charge in [-0.05, 0) is 43.9 Å². The zero-order valence-electron chi connectivity index (χ0n) is 13.2. The van der Waals surface area contributed by atoms with E-state index in [9.17, 15) is 5.11 Å². The largest absolute Gasteiger partial charge is 0.490 e. The molecule has 0 saturated heterocycles. The molecule has 0 amide bonds. The standard InChI is InChI=1S/C17H28O3/c1-5-19-16-11-10-14(12-17(16)20-6-2)15(18)9-7-8-13(3)4/h10-13,15,18H,5-9H2,1-4H3. The van der Waals surface area contributed by atoms with Gasteiger partial charge in [-0.2, -0.15) is 0 Å². The summed E-state index contributed by atoms with van der Waals surface area (Å²) in [5.41, 5.74) is 0.903. The molecule has 1 rings (SSSR count). The average molecular weight is 280 g/mol. The number of benzene rings is 1. The predicted molar refractivity (Wildman–Crippen MR) is 82.4 cm³/mol. The first-order valence-corrected chi connectivity index (χ1v) is 7.66. The number of aliphatic hydroxyl groups is 1. The van der Waals surface area contributed by atoms with Gasteiger partial charge in [0, 0.05) is 0 Å². The Hall–Kier alpha value is -1.22. The second-order valence-corrected chi connectivity index (χ2v) is 5.41. The summed E-state index contributed by atoms with van der Waals surface area (Å²) in [6.07, 6.45) is 2.55. The minimum atomic E-state index is -0.427. The minimum absolute atomic E-state index is 0.427. The number of ether oxygens (including phenoxy) is 2. The van der Waals surface area contributed by atoms with Crippen LogP contribution in [0, 0.1) is 5.92 Å². The normalized spacial score (nSPS) is 12.5. The smallest absolute Gasteiger partial charge is 0.161 e. The van der Waals surface area contributed by atoms with Crippen LogP contribution < -0.4 is 9.47 Å². The minimum Gasteiger partial charge on any atom is -0.490 e. The Balaban J connectivity index is 2.71. The summed E-state index contributed by atoms with van der Waals surface area (Å²) in [5, 5.41) is 10.3. The molecule has 1 aromatic rings. The van der Waals surface area contributed by atoms with Gasteiger partial charge in [-0.3, -0.25) is 0 Å². The van der Waals surface area contributed by atoms with Crippen molar-refractivity contribution in [3.05, 3.63) is 23.8 Å². The first-order chi connectivity index (χ1) is 9.58. The molecule has 0 aliphatic heterocycles. The van der Waals surface area contributed by atoms with Gasteiger partial charge in [-0.25, -0.2) is 0 Å². The molecular weight excluding hydrogens is 252 g/mol. The van der Waals surface area contributed by atoms with Crippen LogP contribution >= 0.6 is 0 Å². The third-order valence-electron chi connectivity index (χ3n) is 3.21. The molecule has 0 saturated carbocycles. The molecule has 0 fully saturated rings. The van der Waals surface area contributed by atoms with Crippen molar-refractivity contribution in [1.29, 1.82) is 0 Å². The van der Waals surface area contributed by atoms with Crippen molar-refractivity contribution in [2.75, 3.05) is 13.2 Å². The van der Waals surface area contributed by atoms with E-state index in [-0.39, 0.29) is 0 Å². The van der Waals surface area contributed by atoms with Crippen molar-refractivity contribution in [2.24, 2.45) is 5.92 Å². The van der Waals surface area contributed by atoms with Gasteiger partial charge >= 0.3 is 0 Å². The number of aliphatic hydroxyl groups excluding tert-OH is 1. The van der Waals surface area contributed by atoms with Crippen LogP contribution in [0.4, 0.5) is 0 Å². The van der Waals surface area contributed by atoms with Gasteiger partial charge in [0.05, 0.1) is 19.3 Å². The Morgan fingerprint density at radius 1 is 1.00 bits per heavy atom. The van der Waals surface area contributed by atoms with E-state index in [1.165, 1.54) is 0 Å². The van der Waals surface area contributed by atoms with E-state index in [1.807, 2.05) is 32.0 Å². The van der Waals surface area contributed by atoms with Crippen molar-refractivity contribution in [1.82, 2.24) is 0 Å². The van der Waals surface area contributed by atoms with Crippen LogP contribution in [0.5, 0.6) is 11.5 Å². The van der Waals surface area contributed by atoms with Gasteiger partial charge in [0.25, 0.3) is 0 Å². The molecule has 3 nitrogen and oxygen atoms in total. The molecule has 0 heterocycles. The molecule has 0 aliphatic carbocycles. The van der Waals surface area contributed by atoms with E-state index in [0.29, 0.717) is 19.1 Å². The van der Waals surface area contributed by atoms with Gasteiger partial charge in [0.2, 0.25) is 0 Å². The maximum Gasteiger partial charge on any atom is 0.161 e. The van der Waals surface area contributed by atoms with Gasteiger partial charge in [0.1, 0.15) is 0 Å². The molecule has 1 N–H and O–H groups in total. The first-order valence-electron chi connectivity index (χ1n) is 7.66. The zero-order valence-corrected chi connectivity index (χ0v) is 13.2. The summed E-state index contributed by atoms with van der Waals surface area (Å²) < 4.78 is 11.1. The molecule has 3 heteroatoms.